The van der Waals surface area contributed by atoms with Crippen LogP contribution in [0.1, 0.15) is 35.6 Å². The van der Waals surface area contributed by atoms with Crippen molar-refractivity contribution in [2.24, 2.45) is 0 Å². The Morgan fingerprint density at radius 2 is 2.19 bits per heavy atom. The molecule has 1 aliphatic rings. The molecule has 0 aliphatic heterocycles. The second kappa shape index (κ2) is 6.29. The zero-order chi connectivity index (χ0) is 18.2. The van der Waals surface area contributed by atoms with Gasteiger partial charge in [0.1, 0.15) is 5.69 Å². The molecule has 0 saturated heterocycles. The summed E-state index contributed by atoms with van der Waals surface area (Å²) in [5.74, 6) is 0.644. The monoisotopic (exact) mass is 355 g/mol. The number of oxazole rings is 1. The van der Waals surface area contributed by atoms with Gasteiger partial charge < -0.3 is 9.73 Å². The highest BCUT2D eigenvalue weighted by Gasteiger charge is 2.21. The Kier molecular flexibility index (Phi) is 3.65. The summed E-state index contributed by atoms with van der Waals surface area (Å²) in [5, 5.41) is 21.2. The van der Waals surface area contributed by atoms with E-state index >= 15 is 0 Å². The van der Waals surface area contributed by atoms with E-state index in [4.69, 9.17) is 9.68 Å². The Morgan fingerprint density at radius 3 is 3.04 bits per heavy atom. The third kappa shape index (κ3) is 2.74. The van der Waals surface area contributed by atoms with E-state index in [0.29, 0.717) is 5.76 Å². The number of anilines is 1. The highest BCUT2D eigenvalue weighted by Crippen LogP contribution is 2.35. The first-order chi connectivity index (χ1) is 13.3. The molecule has 1 atom stereocenters. The molecule has 2 aromatic heterocycles. The summed E-state index contributed by atoms with van der Waals surface area (Å²) in [5.41, 5.74) is 6.02. The van der Waals surface area contributed by atoms with Crippen LogP contribution in [-0.4, -0.2) is 15.2 Å². The number of nitriles is 1. The number of benzene rings is 2. The number of hydrogen-bond donors (Lipinski definition) is 2. The SMILES string of the molecule is N#Cc1ccc2c(c1)CCC[C@H]2Nc1ccc2[nH]nc(-c3cnco3)c2c1. The van der Waals surface area contributed by atoms with Crippen molar-refractivity contribution in [2.75, 3.05) is 5.32 Å². The first-order valence-corrected chi connectivity index (χ1v) is 8.98. The number of hydrogen-bond acceptors (Lipinski definition) is 5. The molecule has 0 bridgehead atoms. The number of H-pyrrole nitrogens is 1. The van der Waals surface area contributed by atoms with Crippen LogP contribution in [0.15, 0.2) is 53.4 Å². The van der Waals surface area contributed by atoms with Crippen molar-refractivity contribution in [3.63, 3.8) is 0 Å². The molecule has 0 unspecified atom stereocenters. The molecule has 132 valence electrons. The lowest BCUT2D eigenvalue weighted by molar-refractivity contribution is 0.570. The number of aromatic amines is 1. The normalized spacial score (nSPS) is 16.0. The Labute approximate surface area is 155 Å². The summed E-state index contributed by atoms with van der Waals surface area (Å²) < 4.78 is 5.40. The van der Waals surface area contributed by atoms with E-state index in [-0.39, 0.29) is 6.04 Å². The minimum Gasteiger partial charge on any atom is -0.442 e. The fourth-order valence-electron chi connectivity index (χ4n) is 3.86. The van der Waals surface area contributed by atoms with Crippen LogP contribution in [-0.2, 0) is 6.42 Å². The summed E-state index contributed by atoms with van der Waals surface area (Å²) >= 11 is 0. The summed E-state index contributed by atoms with van der Waals surface area (Å²) in [7, 11) is 0. The number of nitrogens with zero attached hydrogens (tertiary/aromatic N) is 3. The second-order valence-corrected chi connectivity index (χ2v) is 6.81. The molecule has 0 amide bonds. The summed E-state index contributed by atoms with van der Waals surface area (Å²) in [4.78, 5) is 3.98. The molecule has 6 nitrogen and oxygen atoms in total. The number of aryl methyl sites for hydroxylation is 1. The Morgan fingerprint density at radius 1 is 1.22 bits per heavy atom. The minimum atomic E-state index is 0.236. The standard InChI is InChI=1S/C21H17N5O/c22-10-13-4-6-16-14(8-13)2-1-3-18(16)24-15-5-7-19-17(9-15)21(26-25-19)20-11-23-12-27-20/h4-9,11-12,18,24H,1-3H2,(H,25,26)/t18-/m1/s1. The summed E-state index contributed by atoms with van der Waals surface area (Å²) in [6.45, 7) is 0. The van der Waals surface area contributed by atoms with Crippen molar-refractivity contribution in [2.45, 2.75) is 25.3 Å². The van der Waals surface area contributed by atoms with Gasteiger partial charge in [0.05, 0.1) is 29.4 Å². The van der Waals surface area contributed by atoms with E-state index in [2.05, 4.69) is 44.8 Å². The van der Waals surface area contributed by atoms with Crippen molar-refractivity contribution in [3.8, 4) is 17.5 Å². The smallest absolute Gasteiger partial charge is 0.181 e. The topological polar surface area (TPSA) is 90.5 Å². The van der Waals surface area contributed by atoms with Crippen LogP contribution in [0.5, 0.6) is 0 Å². The zero-order valence-electron chi connectivity index (χ0n) is 14.6. The maximum Gasteiger partial charge on any atom is 0.181 e. The van der Waals surface area contributed by atoms with E-state index in [9.17, 15) is 0 Å². The molecule has 0 spiro atoms. The van der Waals surface area contributed by atoms with Gasteiger partial charge in [0, 0.05) is 11.1 Å². The van der Waals surface area contributed by atoms with Gasteiger partial charge in [-0.25, -0.2) is 4.98 Å². The Hall–Kier alpha value is -3.59. The van der Waals surface area contributed by atoms with Crippen molar-refractivity contribution < 1.29 is 4.42 Å². The lowest BCUT2D eigenvalue weighted by Crippen LogP contribution is -2.17. The van der Waals surface area contributed by atoms with Gasteiger partial charge in [-0.15, -0.1) is 0 Å². The first-order valence-electron chi connectivity index (χ1n) is 8.98. The number of rotatable bonds is 3. The number of fused-ring (bicyclic) bond motifs is 2. The van der Waals surface area contributed by atoms with E-state index in [0.717, 1.165) is 47.1 Å². The van der Waals surface area contributed by atoms with E-state index in [1.54, 1.807) is 6.20 Å². The lowest BCUT2D eigenvalue weighted by atomic mass is 9.86. The van der Waals surface area contributed by atoms with Crippen LogP contribution in [0.3, 0.4) is 0 Å². The van der Waals surface area contributed by atoms with Crippen molar-refractivity contribution in [1.29, 1.82) is 5.26 Å². The highest BCUT2D eigenvalue weighted by molar-refractivity contribution is 5.93. The van der Waals surface area contributed by atoms with E-state index in [1.165, 1.54) is 17.5 Å². The van der Waals surface area contributed by atoms with Crippen molar-refractivity contribution in [3.05, 3.63) is 65.7 Å². The number of aromatic nitrogens is 3. The predicted molar refractivity (Wildman–Crippen MR) is 102 cm³/mol. The first kappa shape index (κ1) is 15.6. The van der Waals surface area contributed by atoms with E-state index in [1.807, 2.05) is 18.2 Å². The van der Waals surface area contributed by atoms with Gasteiger partial charge >= 0.3 is 0 Å². The molecule has 0 saturated carbocycles. The molecule has 1 aliphatic carbocycles. The Balaban J connectivity index is 1.49. The molecule has 0 radical (unpaired) electrons. The van der Waals surface area contributed by atoms with Crippen molar-refractivity contribution >= 4 is 16.6 Å². The summed E-state index contributed by atoms with van der Waals surface area (Å²) in [6.07, 6.45) is 6.28. The van der Waals surface area contributed by atoms with Crippen LogP contribution >= 0.6 is 0 Å². The largest absolute Gasteiger partial charge is 0.442 e. The van der Waals surface area contributed by atoms with E-state index < -0.39 is 0 Å². The van der Waals surface area contributed by atoms with Crippen LogP contribution in [0.25, 0.3) is 22.4 Å². The maximum absolute atomic E-state index is 9.14. The highest BCUT2D eigenvalue weighted by atomic mass is 16.3. The van der Waals surface area contributed by atoms with Gasteiger partial charge in [-0.05, 0) is 60.7 Å². The molecule has 0 fully saturated rings. The quantitative estimate of drug-likeness (QED) is 0.561. The van der Waals surface area contributed by atoms with Crippen LogP contribution in [0.2, 0.25) is 0 Å². The zero-order valence-corrected chi connectivity index (χ0v) is 14.6. The fraction of sp³-hybridized carbons (Fsp3) is 0.190. The molecule has 27 heavy (non-hydrogen) atoms. The molecular formula is C21H17N5O. The van der Waals surface area contributed by atoms with Gasteiger partial charge in [-0.2, -0.15) is 10.4 Å². The van der Waals surface area contributed by atoms with Gasteiger partial charge in [0.2, 0.25) is 0 Å². The molecule has 2 heterocycles. The minimum absolute atomic E-state index is 0.236. The maximum atomic E-state index is 9.14. The molecule has 2 aromatic carbocycles. The number of nitrogens with one attached hydrogen (secondary N) is 2. The van der Waals surface area contributed by atoms with Crippen LogP contribution < -0.4 is 5.32 Å². The molecular weight excluding hydrogens is 338 g/mol. The predicted octanol–water partition coefficient (Wildman–Crippen LogP) is 4.58. The fourth-order valence-corrected chi connectivity index (χ4v) is 3.86. The second-order valence-electron chi connectivity index (χ2n) is 6.81. The van der Waals surface area contributed by atoms with Gasteiger partial charge in [0.15, 0.2) is 12.2 Å². The van der Waals surface area contributed by atoms with Gasteiger partial charge in [-0.3, -0.25) is 5.10 Å². The molecule has 5 rings (SSSR count). The molecule has 6 heteroatoms. The molecule has 4 aromatic rings. The van der Waals surface area contributed by atoms with Gasteiger partial charge in [0.25, 0.3) is 0 Å². The Bertz CT molecular complexity index is 1150. The summed E-state index contributed by atoms with van der Waals surface area (Å²) in [6, 6.07) is 14.6. The van der Waals surface area contributed by atoms with Crippen LogP contribution in [0.4, 0.5) is 5.69 Å². The average Bonchev–Trinajstić information content (AvgIpc) is 3.37. The molecule has 2 N–H and O–H groups in total. The van der Waals surface area contributed by atoms with Crippen LogP contribution in [0, 0.1) is 11.3 Å². The lowest BCUT2D eigenvalue weighted by Gasteiger charge is -2.27. The average molecular weight is 355 g/mol. The third-order valence-electron chi connectivity index (χ3n) is 5.16. The van der Waals surface area contributed by atoms with Gasteiger partial charge in [-0.1, -0.05) is 6.07 Å². The third-order valence-corrected chi connectivity index (χ3v) is 5.16. The van der Waals surface area contributed by atoms with Crippen molar-refractivity contribution in [1.82, 2.24) is 15.2 Å².